The van der Waals surface area contributed by atoms with Gasteiger partial charge in [-0.25, -0.2) is 0 Å². The molecule has 0 radical (unpaired) electrons. The number of nitrogens with zero attached hydrogens (tertiary/aromatic N) is 4. The Morgan fingerprint density at radius 2 is 2.25 bits per heavy atom. The molecule has 0 aliphatic heterocycles. The predicted octanol–water partition coefficient (Wildman–Crippen LogP) is 5.84. The molecule has 0 spiro atoms. The minimum Gasteiger partial charge on any atom is -0.485 e. The fourth-order valence-electron chi connectivity index (χ4n) is 4.37. The largest absolute Gasteiger partial charge is 0.485 e. The summed E-state index contributed by atoms with van der Waals surface area (Å²) in [4.78, 5) is 14.0. The molecule has 2 heterocycles. The molecule has 1 unspecified atom stereocenters. The van der Waals surface area contributed by atoms with E-state index in [0.29, 0.717) is 34.0 Å². The SMILES string of the molecule is C=CCn1c(COc2cccc(C)c2C)nnc1SCC(=O)Nc1sc2c(c1C#N)CCC(CC)C2. The first-order valence-corrected chi connectivity index (χ1v) is 13.9. The van der Waals surface area contributed by atoms with Gasteiger partial charge in [-0.3, -0.25) is 9.36 Å². The molecule has 4 rings (SSSR count). The minimum atomic E-state index is -0.163. The van der Waals surface area contributed by atoms with E-state index in [1.54, 1.807) is 17.4 Å². The van der Waals surface area contributed by atoms with E-state index in [9.17, 15) is 10.1 Å². The first kappa shape index (κ1) is 26.0. The van der Waals surface area contributed by atoms with E-state index < -0.39 is 0 Å². The van der Waals surface area contributed by atoms with Crippen molar-refractivity contribution in [3.05, 3.63) is 63.8 Å². The van der Waals surface area contributed by atoms with Crippen LogP contribution in [0.25, 0.3) is 0 Å². The molecule has 1 N–H and O–H groups in total. The highest BCUT2D eigenvalue weighted by molar-refractivity contribution is 7.99. The fourth-order valence-corrected chi connectivity index (χ4v) is 6.46. The average molecular weight is 522 g/mol. The van der Waals surface area contributed by atoms with Crippen molar-refractivity contribution in [2.45, 2.75) is 64.8 Å². The number of amides is 1. The number of aryl methyl sites for hydroxylation is 1. The molecule has 3 aromatic rings. The van der Waals surface area contributed by atoms with Crippen LogP contribution in [-0.2, 0) is 30.8 Å². The minimum absolute atomic E-state index is 0.163. The zero-order valence-electron chi connectivity index (χ0n) is 21.0. The number of anilines is 1. The van der Waals surface area contributed by atoms with Gasteiger partial charge in [0.15, 0.2) is 11.0 Å². The van der Waals surface area contributed by atoms with Gasteiger partial charge in [0.05, 0.1) is 11.3 Å². The number of rotatable bonds is 10. The Kier molecular flexibility index (Phi) is 8.49. The molecule has 36 heavy (non-hydrogen) atoms. The molecule has 1 aliphatic carbocycles. The molecule has 188 valence electrons. The molecule has 1 aromatic carbocycles. The van der Waals surface area contributed by atoms with Gasteiger partial charge in [-0.1, -0.05) is 43.3 Å². The van der Waals surface area contributed by atoms with Crippen LogP contribution in [0.2, 0.25) is 0 Å². The maximum atomic E-state index is 12.8. The zero-order valence-corrected chi connectivity index (χ0v) is 22.6. The van der Waals surface area contributed by atoms with Gasteiger partial charge in [0.25, 0.3) is 0 Å². The second kappa shape index (κ2) is 11.8. The highest BCUT2D eigenvalue weighted by Crippen LogP contribution is 2.40. The van der Waals surface area contributed by atoms with Gasteiger partial charge in [0.2, 0.25) is 5.91 Å². The maximum Gasteiger partial charge on any atom is 0.235 e. The fraction of sp³-hybridized carbons (Fsp3) is 0.407. The number of thioether (sulfide) groups is 1. The highest BCUT2D eigenvalue weighted by atomic mass is 32.2. The van der Waals surface area contributed by atoms with Crippen LogP contribution in [0, 0.1) is 31.1 Å². The topological polar surface area (TPSA) is 92.8 Å². The van der Waals surface area contributed by atoms with Gasteiger partial charge in [-0.05, 0) is 61.8 Å². The Hall–Kier alpha value is -3.09. The van der Waals surface area contributed by atoms with Crippen LogP contribution in [-0.4, -0.2) is 26.4 Å². The van der Waals surface area contributed by atoms with Gasteiger partial charge >= 0.3 is 0 Å². The molecule has 0 saturated heterocycles. The summed E-state index contributed by atoms with van der Waals surface area (Å²) in [5.74, 6) is 2.14. The van der Waals surface area contributed by atoms with E-state index in [1.807, 2.05) is 23.6 Å². The Balaban J connectivity index is 1.41. The summed E-state index contributed by atoms with van der Waals surface area (Å²) in [5, 5.41) is 22.6. The molecule has 0 saturated carbocycles. The van der Waals surface area contributed by atoms with E-state index in [0.717, 1.165) is 42.6 Å². The molecule has 0 bridgehead atoms. The van der Waals surface area contributed by atoms with Crippen molar-refractivity contribution in [2.24, 2.45) is 5.92 Å². The van der Waals surface area contributed by atoms with Crippen molar-refractivity contribution >= 4 is 34.0 Å². The lowest BCUT2D eigenvalue weighted by Gasteiger charge is -2.20. The molecular formula is C27H31N5O2S2. The van der Waals surface area contributed by atoms with Crippen LogP contribution < -0.4 is 10.1 Å². The molecule has 1 amide bonds. The number of carbonyl (C=O) groups excluding carboxylic acids is 1. The van der Waals surface area contributed by atoms with Gasteiger partial charge in [-0.2, -0.15) is 5.26 Å². The maximum absolute atomic E-state index is 12.8. The number of hydrogen-bond acceptors (Lipinski definition) is 7. The van der Waals surface area contributed by atoms with Crippen LogP contribution in [0.4, 0.5) is 5.00 Å². The number of fused-ring (bicyclic) bond motifs is 1. The summed E-state index contributed by atoms with van der Waals surface area (Å²) in [6, 6.07) is 8.28. The van der Waals surface area contributed by atoms with Gasteiger partial charge < -0.3 is 10.1 Å². The summed E-state index contributed by atoms with van der Waals surface area (Å²) in [7, 11) is 0. The van der Waals surface area contributed by atoms with E-state index in [1.165, 1.54) is 22.2 Å². The number of thiophene rings is 1. The zero-order chi connectivity index (χ0) is 25.7. The third-order valence-corrected chi connectivity index (χ3v) is 8.80. The quantitative estimate of drug-likeness (QED) is 0.266. The number of benzene rings is 1. The van der Waals surface area contributed by atoms with E-state index in [2.05, 4.69) is 48.1 Å². The molecular weight excluding hydrogens is 490 g/mol. The second-order valence-electron chi connectivity index (χ2n) is 8.96. The van der Waals surface area contributed by atoms with Crippen LogP contribution in [0.1, 0.15) is 52.7 Å². The highest BCUT2D eigenvalue weighted by Gasteiger charge is 2.26. The van der Waals surface area contributed by atoms with E-state index >= 15 is 0 Å². The Morgan fingerprint density at radius 1 is 1.42 bits per heavy atom. The van der Waals surface area contributed by atoms with Crippen molar-refractivity contribution < 1.29 is 9.53 Å². The van der Waals surface area contributed by atoms with E-state index in [-0.39, 0.29) is 18.3 Å². The first-order valence-electron chi connectivity index (χ1n) is 12.1. The van der Waals surface area contributed by atoms with Crippen LogP contribution in [0.5, 0.6) is 5.75 Å². The van der Waals surface area contributed by atoms with Crippen molar-refractivity contribution in [2.75, 3.05) is 11.1 Å². The number of carbonyl (C=O) groups is 1. The third kappa shape index (κ3) is 5.66. The molecule has 9 heteroatoms. The van der Waals surface area contributed by atoms with Crippen LogP contribution in [0.3, 0.4) is 0 Å². The second-order valence-corrected chi connectivity index (χ2v) is 11.0. The summed E-state index contributed by atoms with van der Waals surface area (Å²) < 4.78 is 7.92. The lowest BCUT2D eigenvalue weighted by Crippen LogP contribution is -2.15. The van der Waals surface area contributed by atoms with Gasteiger partial charge in [-0.15, -0.1) is 28.1 Å². The Morgan fingerprint density at radius 3 is 3.00 bits per heavy atom. The van der Waals surface area contributed by atoms with Crippen molar-refractivity contribution in [1.29, 1.82) is 5.26 Å². The Labute approximate surface area is 220 Å². The predicted molar refractivity (Wildman–Crippen MR) is 145 cm³/mol. The lowest BCUT2D eigenvalue weighted by molar-refractivity contribution is -0.113. The van der Waals surface area contributed by atoms with Crippen molar-refractivity contribution in [3.63, 3.8) is 0 Å². The molecule has 2 aromatic heterocycles. The summed E-state index contributed by atoms with van der Waals surface area (Å²) in [6.07, 6.45) is 5.92. The summed E-state index contributed by atoms with van der Waals surface area (Å²) in [6.45, 7) is 10.9. The van der Waals surface area contributed by atoms with Gasteiger partial charge in [0.1, 0.15) is 23.4 Å². The number of aromatic nitrogens is 3. The van der Waals surface area contributed by atoms with Gasteiger partial charge in [0, 0.05) is 11.4 Å². The number of ether oxygens (including phenoxy) is 1. The van der Waals surface area contributed by atoms with Crippen LogP contribution in [0.15, 0.2) is 36.0 Å². The molecule has 1 atom stereocenters. The Bertz CT molecular complexity index is 1300. The van der Waals surface area contributed by atoms with Crippen molar-refractivity contribution in [3.8, 4) is 11.8 Å². The number of allylic oxidation sites excluding steroid dienone is 1. The summed E-state index contributed by atoms with van der Waals surface area (Å²) in [5.41, 5.74) is 4.01. The molecule has 0 fully saturated rings. The van der Waals surface area contributed by atoms with E-state index in [4.69, 9.17) is 4.74 Å². The number of nitriles is 1. The first-order chi connectivity index (χ1) is 17.4. The average Bonchev–Trinajstić information content (AvgIpc) is 3.43. The number of hydrogen-bond donors (Lipinski definition) is 1. The standard InChI is InChI=1S/C27H31N5O2S2/c1-5-12-32-24(15-34-22-9-7-8-17(3)18(22)4)30-31-27(32)35-16-25(33)29-26-21(14-28)20-11-10-19(6-2)13-23(20)36-26/h5,7-9,19H,1,6,10-13,15-16H2,2-4H3,(H,29,33). The normalized spacial score (nSPS) is 14.7. The smallest absolute Gasteiger partial charge is 0.235 e. The third-order valence-electron chi connectivity index (χ3n) is 6.66. The monoisotopic (exact) mass is 521 g/mol. The number of nitrogens with one attached hydrogen (secondary N) is 1. The molecule has 7 nitrogen and oxygen atoms in total. The summed E-state index contributed by atoms with van der Waals surface area (Å²) >= 11 is 2.86. The van der Waals surface area contributed by atoms with Crippen molar-refractivity contribution in [1.82, 2.24) is 14.8 Å². The molecule has 1 aliphatic rings. The lowest BCUT2D eigenvalue weighted by atomic mass is 9.86. The van der Waals surface area contributed by atoms with Crippen LogP contribution >= 0.6 is 23.1 Å².